The summed E-state index contributed by atoms with van der Waals surface area (Å²) < 4.78 is 0. The molecule has 8 heteroatoms. The molecule has 0 aliphatic heterocycles. The van der Waals surface area contributed by atoms with Gasteiger partial charge in [0.2, 0.25) is 11.8 Å². The van der Waals surface area contributed by atoms with E-state index in [1.165, 1.54) is 0 Å². The van der Waals surface area contributed by atoms with Crippen molar-refractivity contribution in [3.63, 3.8) is 0 Å². The number of nitrogens with one attached hydrogen (secondary N) is 3. The molecule has 2 aliphatic rings. The molecule has 0 spiro atoms. The van der Waals surface area contributed by atoms with Crippen molar-refractivity contribution < 1.29 is 19.5 Å². The van der Waals surface area contributed by atoms with Gasteiger partial charge in [0, 0.05) is 6.54 Å². The third-order valence-corrected chi connectivity index (χ3v) is 5.88. The van der Waals surface area contributed by atoms with Crippen LogP contribution in [-0.4, -0.2) is 47.2 Å². The predicted octanol–water partition coefficient (Wildman–Crippen LogP) is 0.530. The Morgan fingerprint density at radius 3 is 2.19 bits per heavy atom. The number of amides is 4. The van der Waals surface area contributed by atoms with Gasteiger partial charge in [-0.3, -0.25) is 9.59 Å². The van der Waals surface area contributed by atoms with Crippen molar-refractivity contribution >= 4 is 17.8 Å². The van der Waals surface area contributed by atoms with Crippen LogP contribution in [0.1, 0.15) is 65.2 Å². The van der Waals surface area contributed by atoms with Crippen LogP contribution in [-0.2, 0) is 9.59 Å². The van der Waals surface area contributed by atoms with E-state index in [9.17, 15) is 19.5 Å². The van der Waals surface area contributed by atoms with Crippen molar-refractivity contribution in [3.8, 4) is 0 Å². The minimum absolute atomic E-state index is 0.00339. The lowest BCUT2D eigenvalue weighted by Gasteiger charge is -2.45. The molecule has 2 saturated carbocycles. The van der Waals surface area contributed by atoms with Crippen LogP contribution in [0.25, 0.3) is 0 Å². The van der Waals surface area contributed by atoms with Crippen molar-refractivity contribution in [1.82, 2.24) is 16.0 Å². The van der Waals surface area contributed by atoms with Crippen LogP contribution in [0.15, 0.2) is 0 Å². The second-order valence-electron chi connectivity index (χ2n) is 8.08. The zero-order chi connectivity index (χ0) is 19.4. The molecule has 2 fully saturated rings. The van der Waals surface area contributed by atoms with E-state index in [0.29, 0.717) is 25.8 Å². The zero-order valence-corrected chi connectivity index (χ0v) is 15.8. The average molecular weight is 368 g/mol. The van der Waals surface area contributed by atoms with Gasteiger partial charge in [-0.2, -0.15) is 0 Å². The minimum Gasteiger partial charge on any atom is -0.381 e. The monoisotopic (exact) mass is 368 g/mol. The Morgan fingerprint density at radius 1 is 1.12 bits per heavy atom. The van der Waals surface area contributed by atoms with E-state index in [1.54, 1.807) is 6.92 Å². The number of hydrogen-bond donors (Lipinski definition) is 5. The molecular formula is C18H32N4O4. The highest BCUT2D eigenvalue weighted by Crippen LogP contribution is 2.42. The molecule has 0 heterocycles. The highest BCUT2D eigenvalue weighted by Gasteiger charge is 2.48. The molecule has 0 saturated heterocycles. The fourth-order valence-corrected chi connectivity index (χ4v) is 4.13. The van der Waals surface area contributed by atoms with Crippen molar-refractivity contribution in [3.05, 3.63) is 0 Å². The number of nitrogens with two attached hydrogens (primary N) is 1. The van der Waals surface area contributed by atoms with Crippen LogP contribution in [0.3, 0.4) is 0 Å². The Morgan fingerprint density at radius 2 is 1.73 bits per heavy atom. The van der Waals surface area contributed by atoms with Gasteiger partial charge in [0.25, 0.3) is 0 Å². The molecule has 0 aromatic rings. The first-order valence-electron chi connectivity index (χ1n) is 9.55. The van der Waals surface area contributed by atoms with Gasteiger partial charge in [-0.1, -0.05) is 19.8 Å². The van der Waals surface area contributed by atoms with E-state index in [2.05, 4.69) is 22.9 Å². The molecule has 8 nitrogen and oxygen atoms in total. The fourth-order valence-electron chi connectivity index (χ4n) is 4.13. The first kappa shape index (κ1) is 20.5. The highest BCUT2D eigenvalue weighted by atomic mass is 16.3. The molecule has 0 aromatic carbocycles. The Bertz CT molecular complexity index is 541. The molecule has 0 bridgehead atoms. The van der Waals surface area contributed by atoms with Crippen LogP contribution < -0.4 is 21.7 Å². The van der Waals surface area contributed by atoms with E-state index < -0.39 is 29.6 Å². The summed E-state index contributed by atoms with van der Waals surface area (Å²) in [6.45, 7) is 4.40. The average Bonchev–Trinajstić information content (AvgIpc) is 2.96. The number of rotatable bonds is 8. The van der Waals surface area contributed by atoms with Gasteiger partial charge >= 0.3 is 6.03 Å². The molecule has 26 heavy (non-hydrogen) atoms. The zero-order valence-electron chi connectivity index (χ0n) is 15.8. The smallest absolute Gasteiger partial charge is 0.315 e. The van der Waals surface area contributed by atoms with Crippen molar-refractivity contribution in [1.29, 1.82) is 0 Å². The van der Waals surface area contributed by atoms with Gasteiger partial charge in [0.05, 0.1) is 5.54 Å². The maximum Gasteiger partial charge on any atom is 0.315 e. The van der Waals surface area contributed by atoms with Crippen molar-refractivity contribution in [2.24, 2.45) is 11.1 Å². The second kappa shape index (κ2) is 8.24. The van der Waals surface area contributed by atoms with Gasteiger partial charge in [0.1, 0.15) is 6.04 Å². The van der Waals surface area contributed by atoms with Gasteiger partial charge in [-0.05, 0) is 50.9 Å². The number of urea groups is 1. The maximum atomic E-state index is 12.9. The molecule has 2 atom stereocenters. The molecule has 2 aliphatic carbocycles. The summed E-state index contributed by atoms with van der Waals surface area (Å²) in [7, 11) is 0. The van der Waals surface area contributed by atoms with E-state index >= 15 is 0 Å². The van der Waals surface area contributed by atoms with E-state index in [1.807, 2.05) is 0 Å². The van der Waals surface area contributed by atoms with Crippen LogP contribution in [0, 0.1) is 5.41 Å². The minimum atomic E-state index is -1.42. The first-order valence-corrected chi connectivity index (χ1v) is 9.55. The Kier molecular flexibility index (Phi) is 6.49. The number of carbonyl (C=O) groups excluding carboxylic acids is 3. The number of hydrogen-bond acceptors (Lipinski definition) is 4. The highest BCUT2D eigenvalue weighted by molar-refractivity contribution is 5.89. The lowest BCUT2D eigenvalue weighted by Crippen LogP contribution is -2.67. The Labute approximate surface area is 154 Å². The van der Waals surface area contributed by atoms with Gasteiger partial charge in [-0.25, -0.2) is 4.79 Å². The van der Waals surface area contributed by atoms with Crippen molar-refractivity contribution in [2.75, 3.05) is 6.54 Å². The number of aliphatic hydroxyl groups is 1. The number of primary amides is 1. The summed E-state index contributed by atoms with van der Waals surface area (Å²) in [5.74, 6) is -1.22. The quantitative estimate of drug-likeness (QED) is 0.427. The van der Waals surface area contributed by atoms with E-state index in [-0.39, 0.29) is 11.3 Å². The van der Waals surface area contributed by atoms with E-state index in [4.69, 9.17) is 5.73 Å². The van der Waals surface area contributed by atoms with Crippen molar-refractivity contribution in [2.45, 2.75) is 82.9 Å². The topological polar surface area (TPSA) is 134 Å². The van der Waals surface area contributed by atoms with Gasteiger partial charge < -0.3 is 26.8 Å². The molecule has 0 radical (unpaired) electrons. The number of carbonyl (C=O) groups is 3. The molecule has 1 unspecified atom stereocenters. The lowest BCUT2D eigenvalue weighted by molar-refractivity contribution is -0.138. The van der Waals surface area contributed by atoms with Crippen LogP contribution in [0.5, 0.6) is 0 Å². The van der Waals surface area contributed by atoms with Crippen LogP contribution >= 0.6 is 0 Å². The molecule has 4 amide bonds. The molecule has 6 N–H and O–H groups in total. The standard InChI is InChI=1S/C18H32N4O4/c1-3-20-16(26)21-12(11-17(2)7-4-5-8-17)15(25)22-18(9-6-10-18)13(23)14(19)24/h12-13,23H,3-11H2,1-2H3,(H2,19,24)(H,22,25)(H2,20,21,26)/t12-,13?/m0/s1. The van der Waals surface area contributed by atoms with E-state index in [0.717, 1.165) is 32.1 Å². The lowest BCUT2D eigenvalue weighted by atomic mass is 9.72. The maximum absolute atomic E-state index is 12.9. The largest absolute Gasteiger partial charge is 0.381 e. The summed E-state index contributed by atoms with van der Waals surface area (Å²) in [6, 6.07) is -1.12. The van der Waals surface area contributed by atoms with Crippen LogP contribution in [0.4, 0.5) is 4.79 Å². The Balaban J connectivity index is 2.10. The predicted molar refractivity (Wildman–Crippen MR) is 97.1 cm³/mol. The summed E-state index contributed by atoms with van der Waals surface area (Å²) in [6.07, 6.45) is 5.17. The van der Waals surface area contributed by atoms with Gasteiger partial charge in [-0.15, -0.1) is 0 Å². The summed E-state index contributed by atoms with van der Waals surface area (Å²) in [5, 5.41) is 18.4. The number of aliphatic hydroxyl groups excluding tert-OH is 1. The summed E-state index contributed by atoms with van der Waals surface area (Å²) in [4.78, 5) is 36.4. The first-order chi connectivity index (χ1) is 12.2. The third kappa shape index (κ3) is 4.66. The fraction of sp³-hybridized carbons (Fsp3) is 0.833. The SMILES string of the molecule is CCNC(=O)N[C@@H](CC1(C)CCCC1)C(=O)NC1(C(O)C(N)=O)CCC1. The Hall–Kier alpha value is -1.83. The van der Waals surface area contributed by atoms with Gasteiger partial charge in [0.15, 0.2) is 6.10 Å². The van der Waals surface area contributed by atoms with Crippen LogP contribution in [0.2, 0.25) is 0 Å². The third-order valence-electron chi connectivity index (χ3n) is 5.88. The molecule has 148 valence electrons. The second-order valence-corrected chi connectivity index (χ2v) is 8.08. The molecule has 2 rings (SSSR count). The summed E-state index contributed by atoms with van der Waals surface area (Å²) >= 11 is 0. The molecule has 0 aromatic heterocycles. The normalized spacial score (nSPS) is 22.6. The summed E-state index contributed by atoms with van der Waals surface area (Å²) in [5.41, 5.74) is 4.22. The molecular weight excluding hydrogens is 336 g/mol.